The number of aryl methyl sites for hydroxylation is 1. The van der Waals surface area contributed by atoms with Gasteiger partial charge in [0.2, 0.25) is 0 Å². The molecule has 5 nitrogen and oxygen atoms in total. The number of nitrogens with zero attached hydrogens (tertiary/aromatic N) is 3. The first-order valence-corrected chi connectivity index (χ1v) is 14.2. The third kappa shape index (κ3) is 7.85. The molecule has 0 bridgehead atoms. The first kappa shape index (κ1) is 31.4. The Hall–Kier alpha value is -3.52. The predicted molar refractivity (Wildman–Crippen MR) is 165 cm³/mol. The summed E-state index contributed by atoms with van der Waals surface area (Å²) in [4.78, 5) is 22.1. The Morgan fingerprint density at radius 3 is 2.14 bits per heavy atom. The summed E-state index contributed by atoms with van der Waals surface area (Å²) in [6.45, 7) is 5.88. The Kier molecular flexibility index (Phi) is 10.9. The molecule has 1 fully saturated rings. The van der Waals surface area contributed by atoms with Gasteiger partial charge in [-0.25, -0.2) is 18.6 Å². The zero-order chi connectivity index (χ0) is 28.8. The van der Waals surface area contributed by atoms with E-state index in [2.05, 4.69) is 14.8 Å². The summed E-state index contributed by atoms with van der Waals surface area (Å²) in [7, 11) is 0. The van der Waals surface area contributed by atoms with E-state index in [1.807, 2.05) is 31.2 Å². The van der Waals surface area contributed by atoms with E-state index >= 15 is 0 Å². The van der Waals surface area contributed by atoms with E-state index in [1.54, 1.807) is 36.5 Å². The number of hydrogen-bond donors (Lipinski definition) is 0. The number of piperazine rings is 1. The number of pyridine rings is 1. The minimum absolute atomic E-state index is 0. The summed E-state index contributed by atoms with van der Waals surface area (Å²) < 4.78 is 32.8. The molecule has 0 amide bonds. The summed E-state index contributed by atoms with van der Waals surface area (Å²) >= 11 is 6.04. The Morgan fingerprint density at radius 1 is 0.929 bits per heavy atom. The lowest BCUT2D eigenvalue weighted by Gasteiger charge is -2.36. The fourth-order valence-electron chi connectivity index (χ4n) is 5.31. The smallest absolute Gasteiger partial charge is 0.347 e. The highest BCUT2D eigenvalue weighted by Gasteiger charge is 2.24. The van der Waals surface area contributed by atoms with Gasteiger partial charge in [-0.15, -0.1) is 12.4 Å². The molecule has 0 spiro atoms. The number of rotatable bonds is 9. The van der Waals surface area contributed by atoms with Gasteiger partial charge in [-0.1, -0.05) is 35.9 Å². The number of carbonyl (C=O) groups is 1. The van der Waals surface area contributed by atoms with Crippen molar-refractivity contribution in [3.63, 3.8) is 0 Å². The normalized spacial score (nSPS) is 13.6. The van der Waals surface area contributed by atoms with Crippen LogP contribution in [0.4, 0.5) is 14.6 Å². The predicted octanol–water partition coefficient (Wildman–Crippen LogP) is 7.70. The van der Waals surface area contributed by atoms with Crippen molar-refractivity contribution in [2.45, 2.75) is 25.7 Å². The highest BCUT2D eigenvalue weighted by atomic mass is 35.5. The van der Waals surface area contributed by atoms with Crippen LogP contribution in [-0.2, 0) is 0 Å². The maximum Gasteiger partial charge on any atom is 0.347 e. The molecule has 1 saturated heterocycles. The van der Waals surface area contributed by atoms with Crippen LogP contribution in [0.1, 0.15) is 45.8 Å². The Morgan fingerprint density at radius 2 is 1.55 bits per heavy atom. The van der Waals surface area contributed by atoms with E-state index in [0.29, 0.717) is 22.2 Å². The number of benzene rings is 3. The molecule has 4 aromatic rings. The van der Waals surface area contributed by atoms with Crippen LogP contribution in [0.15, 0.2) is 85.1 Å². The quantitative estimate of drug-likeness (QED) is 0.143. The monoisotopic (exact) mass is 611 g/mol. The molecular formula is C33H33Cl2F2N3O2. The second-order valence-corrected chi connectivity index (χ2v) is 10.7. The number of carbonyl (C=O) groups excluding carboxylic acids is 1. The van der Waals surface area contributed by atoms with Gasteiger partial charge in [-0.05, 0) is 97.6 Å². The molecule has 0 saturated carbocycles. The van der Waals surface area contributed by atoms with Gasteiger partial charge in [0.05, 0.1) is 0 Å². The zero-order valence-corrected chi connectivity index (χ0v) is 24.9. The van der Waals surface area contributed by atoms with Crippen molar-refractivity contribution in [3.8, 4) is 5.75 Å². The maximum absolute atomic E-state index is 13.6. The van der Waals surface area contributed by atoms with Crippen LogP contribution in [-0.4, -0.2) is 48.6 Å². The number of aromatic nitrogens is 1. The highest BCUT2D eigenvalue weighted by molar-refractivity contribution is 6.30. The Labute approximate surface area is 256 Å². The SMILES string of the molecule is Cc1cc(Cl)ccc1OC(=O)c1cccnc1N1CCN(CCCC(c2ccc(F)cc2)c2ccc(F)cc2)CC1.Cl. The maximum atomic E-state index is 13.6. The highest BCUT2D eigenvalue weighted by Crippen LogP contribution is 2.30. The van der Waals surface area contributed by atoms with Crippen molar-refractivity contribution >= 4 is 35.8 Å². The fraction of sp³-hybridized carbons (Fsp3) is 0.273. The van der Waals surface area contributed by atoms with E-state index in [4.69, 9.17) is 16.3 Å². The lowest BCUT2D eigenvalue weighted by Crippen LogP contribution is -2.47. The van der Waals surface area contributed by atoms with Crippen LogP contribution in [0, 0.1) is 18.6 Å². The molecule has 1 aromatic heterocycles. The minimum atomic E-state index is -0.450. The van der Waals surface area contributed by atoms with Crippen LogP contribution >= 0.6 is 24.0 Å². The van der Waals surface area contributed by atoms with Crippen molar-refractivity contribution < 1.29 is 18.3 Å². The largest absolute Gasteiger partial charge is 0.423 e. The molecule has 0 unspecified atom stereocenters. The summed E-state index contributed by atoms with van der Waals surface area (Å²) in [5.41, 5.74) is 3.25. The van der Waals surface area contributed by atoms with E-state index in [9.17, 15) is 13.6 Å². The minimum Gasteiger partial charge on any atom is -0.423 e. The van der Waals surface area contributed by atoms with Crippen LogP contribution in [0.2, 0.25) is 5.02 Å². The molecule has 1 aliphatic rings. The molecule has 220 valence electrons. The fourth-order valence-corrected chi connectivity index (χ4v) is 5.54. The van der Waals surface area contributed by atoms with Gasteiger partial charge in [-0.2, -0.15) is 0 Å². The molecule has 5 rings (SSSR count). The summed E-state index contributed by atoms with van der Waals surface area (Å²) in [5, 5.41) is 0.587. The van der Waals surface area contributed by atoms with Gasteiger partial charge < -0.3 is 9.64 Å². The van der Waals surface area contributed by atoms with Crippen LogP contribution in [0.25, 0.3) is 0 Å². The zero-order valence-electron chi connectivity index (χ0n) is 23.3. The lowest BCUT2D eigenvalue weighted by molar-refractivity contribution is 0.0733. The van der Waals surface area contributed by atoms with Crippen molar-refractivity contribution in [1.82, 2.24) is 9.88 Å². The van der Waals surface area contributed by atoms with Gasteiger partial charge in [0.1, 0.15) is 28.8 Å². The van der Waals surface area contributed by atoms with Crippen molar-refractivity contribution in [2.24, 2.45) is 0 Å². The third-order valence-electron chi connectivity index (χ3n) is 7.53. The van der Waals surface area contributed by atoms with E-state index in [0.717, 1.165) is 62.3 Å². The second-order valence-electron chi connectivity index (χ2n) is 10.3. The standard InChI is InChI=1S/C33H32ClF2N3O2.ClH/c1-23-22-26(34)10-15-31(23)41-33(40)30-4-2-16-37-32(30)39-20-18-38(19-21-39)17-3-5-29(24-6-11-27(35)12-7-24)25-8-13-28(36)14-9-25;/h2,4,6-16,22,29H,3,5,17-21H2,1H3;1H. The molecule has 3 aromatic carbocycles. The van der Waals surface area contributed by atoms with Gasteiger partial charge in [0.25, 0.3) is 0 Å². The molecular weight excluding hydrogens is 579 g/mol. The Balaban J connectivity index is 0.00000405. The van der Waals surface area contributed by atoms with Gasteiger partial charge >= 0.3 is 5.97 Å². The van der Waals surface area contributed by atoms with Crippen molar-refractivity contribution in [3.05, 3.63) is 124 Å². The molecule has 42 heavy (non-hydrogen) atoms. The van der Waals surface area contributed by atoms with Gasteiger partial charge in [0.15, 0.2) is 0 Å². The third-order valence-corrected chi connectivity index (χ3v) is 7.77. The molecule has 9 heteroatoms. The number of ether oxygens (including phenoxy) is 1. The summed E-state index contributed by atoms with van der Waals surface area (Å²) in [5.74, 6) is 0.162. The van der Waals surface area contributed by atoms with Crippen LogP contribution < -0.4 is 9.64 Å². The van der Waals surface area contributed by atoms with Crippen molar-refractivity contribution in [2.75, 3.05) is 37.6 Å². The average Bonchev–Trinajstić information content (AvgIpc) is 2.98. The van der Waals surface area contributed by atoms with Crippen molar-refractivity contribution in [1.29, 1.82) is 0 Å². The topological polar surface area (TPSA) is 45.7 Å². The number of esters is 1. The van der Waals surface area contributed by atoms with Crippen LogP contribution in [0.5, 0.6) is 5.75 Å². The van der Waals surface area contributed by atoms with E-state index in [1.165, 1.54) is 24.3 Å². The first-order chi connectivity index (χ1) is 19.9. The molecule has 2 heterocycles. The second kappa shape index (κ2) is 14.6. The molecule has 1 aliphatic heterocycles. The molecule has 0 radical (unpaired) electrons. The average molecular weight is 613 g/mol. The van der Waals surface area contributed by atoms with Crippen LogP contribution in [0.3, 0.4) is 0 Å². The number of hydrogen-bond acceptors (Lipinski definition) is 5. The van der Waals surface area contributed by atoms with Gasteiger partial charge in [-0.3, -0.25) is 4.90 Å². The molecule has 0 atom stereocenters. The first-order valence-electron chi connectivity index (χ1n) is 13.8. The van der Waals surface area contributed by atoms with E-state index < -0.39 is 5.97 Å². The van der Waals surface area contributed by atoms with E-state index in [-0.39, 0.29) is 30.0 Å². The number of halogens is 4. The summed E-state index contributed by atoms with van der Waals surface area (Å²) in [6.07, 6.45) is 3.48. The Bertz CT molecular complexity index is 1430. The molecule has 0 aliphatic carbocycles. The molecule has 0 N–H and O–H groups in total. The summed E-state index contributed by atoms with van der Waals surface area (Å²) in [6, 6.07) is 21.8. The number of anilines is 1. The lowest BCUT2D eigenvalue weighted by atomic mass is 9.87. The van der Waals surface area contributed by atoms with Gasteiger partial charge in [0, 0.05) is 43.3 Å².